The van der Waals surface area contributed by atoms with Crippen molar-refractivity contribution in [3.63, 3.8) is 0 Å². The average Bonchev–Trinajstić information content (AvgIpc) is 2.18. The molecule has 0 saturated heterocycles. The zero-order valence-corrected chi connectivity index (χ0v) is 10.6. The summed E-state index contributed by atoms with van der Waals surface area (Å²) in [5.74, 6) is 0.140. The van der Waals surface area contributed by atoms with E-state index in [1.807, 2.05) is 0 Å². The molecule has 1 aliphatic rings. The highest BCUT2D eigenvalue weighted by atomic mass is 79.9. The summed E-state index contributed by atoms with van der Waals surface area (Å²) in [6.07, 6.45) is 3.03. The fraction of sp³-hybridized carbons (Fsp3) is 0.167. The van der Waals surface area contributed by atoms with E-state index in [9.17, 15) is 9.50 Å². The van der Waals surface area contributed by atoms with Crippen molar-refractivity contribution >= 4 is 33.1 Å². The number of allylic oxidation sites excluding steroid dienone is 4. The standard InChI is InChI=1S/C12H9BrClFO/c13-12(15)6-5-8(10(14)7-12)9-3-1-2-4-11(9)16/h1-6,16H,7H2. The Morgan fingerprint density at radius 3 is 2.69 bits per heavy atom. The van der Waals surface area contributed by atoms with Crippen LogP contribution in [-0.2, 0) is 0 Å². The minimum absolute atomic E-state index is 0.0642. The van der Waals surface area contributed by atoms with E-state index in [1.165, 1.54) is 6.08 Å². The van der Waals surface area contributed by atoms with Gasteiger partial charge in [0.25, 0.3) is 0 Å². The van der Waals surface area contributed by atoms with Gasteiger partial charge in [-0.25, -0.2) is 4.39 Å². The number of benzene rings is 1. The molecule has 0 amide bonds. The van der Waals surface area contributed by atoms with Gasteiger partial charge in [-0.15, -0.1) is 0 Å². The molecule has 1 unspecified atom stereocenters. The lowest BCUT2D eigenvalue weighted by atomic mass is 9.98. The van der Waals surface area contributed by atoms with Gasteiger partial charge in [0.1, 0.15) is 5.75 Å². The van der Waals surface area contributed by atoms with Crippen molar-refractivity contribution in [1.29, 1.82) is 0 Å². The zero-order valence-electron chi connectivity index (χ0n) is 8.25. The molecular formula is C12H9BrClFO. The number of alkyl halides is 2. The van der Waals surface area contributed by atoms with Crippen LogP contribution in [0.25, 0.3) is 5.57 Å². The van der Waals surface area contributed by atoms with E-state index in [2.05, 4.69) is 15.9 Å². The van der Waals surface area contributed by atoms with Crippen LogP contribution in [0.2, 0.25) is 0 Å². The van der Waals surface area contributed by atoms with Crippen molar-refractivity contribution in [2.24, 2.45) is 0 Å². The molecule has 1 aromatic carbocycles. The van der Waals surface area contributed by atoms with E-state index in [-0.39, 0.29) is 12.2 Å². The number of halogens is 3. The molecule has 0 radical (unpaired) electrons. The first-order valence-corrected chi connectivity index (χ1v) is 5.91. The molecule has 0 fully saturated rings. The van der Waals surface area contributed by atoms with E-state index in [0.717, 1.165) is 0 Å². The molecule has 2 rings (SSSR count). The van der Waals surface area contributed by atoms with Gasteiger partial charge in [-0.3, -0.25) is 0 Å². The second-order valence-electron chi connectivity index (χ2n) is 3.61. The van der Waals surface area contributed by atoms with E-state index < -0.39 is 4.58 Å². The molecule has 0 aliphatic heterocycles. The molecule has 84 valence electrons. The van der Waals surface area contributed by atoms with Crippen LogP contribution in [0.1, 0.15) is 12.0 Å². The Bertz CT molecular complexity index is 480. The van der Waals surface area contributed by atoms with Crippen molar-refractivity contribution in [3.05, 3.63) is 47.0 Å². The quantitative estimate of drug-likeness (QED) is 0.764. The van der Waals surface area contributed by atoms with Crippen molar-refractivity contribution in [2.75, 3.05) is 0 Å². The molecule has 16 heavy (non-hydrogen) atoms. The van der Waals surface area contributed by atoms with Crippen LogP contribution in [0.3, 0.4) is 0 Å². The molecule has 1 aliphatic carbocycles. The van der Waals surface area contributed by atoms with Crippen LogP contribution >= 0.6 is 27.5 Å². The topological polar surface area (TPSA) is 20.2 Å². The van der Waals surface area contributed by atoms with E-state index in [1.54, 1.807) is 30.3 Å². The number of phenols is 1. The smallest absolute Gasteiger partial charge is 0.188 e. The third kappa shape index (κ3) is 2.30. The number of hydrogen-bond donors (Lipinski definition) is 1. The summed E-state index contributed by atoms with van der Waals surface area (Å²) in [6, 6.07) is 6.85. The van der Waals surface area contributed by atoms with Gasteiger partial charge in [-0.2, -0.15) is 0 Å². The van der Waals surface area contributed by atoms with E-state index in [0.29, 0.717) is 16.2 Å². The molecule has 0 saturated carbocycles. The number of aromatic hydroxyl groups is 1. The first-order chi connectivity index (χ1) is 7.49. The number of para-hydroxylation sites is 1. The van der Waals surface area contributed by atoms with Crippen LogP contribution in [0.4, 0.5) is 4.39 Å². The molecular weight excluding hydrogens is 294 g/mol. The van der Waals surface area contributed by atoms with Crippen molar-refractivity contribution in [2.45, 2.75) is 11.0 Å². The summed E-state index contributed by atoms with van der Waals surface area (Å²) < 4.78 is 12.0. The van der Waals surface area contributed by atoms with Gasteiger partial charge in [0.15, 0.2) is 4.58 Å². The van der Waals surface area contributed by atoms with Gasteiger partial charge in [0.05, 0.1) is 0 Å². The number of rotatable bonds is 1. The molecule has 1 N–H and O–H groups in total. The monoisotopic (exact) mass is 302 g/mol. The molecule has 0 heterocycles. The van der Waals surface area contributed by atoms with Crippen LogP contribution in [0, 0.1) is 0 Å². The first kappa shape index (κ1) is 11.7. The maximum Gasteiger partial charge on any atom is 0.188 e. The Hall–Kier alpha value is -0.800. The second-order valence-corrected chi connectivity index (χ2v) is 5.38. The lowest BCUT2D eigenvalue weighted by Gasteiger charge is -2.20. The van der Waals surface area contributed by atoms with Crippen LogP contribution < -0.4 is 0 Å². The van der Waals surface area contributed by atoms with Crippen LogP contribution in [-0.4, -0.2) is 9.68 Å². The fourth-order valence-electron chi connectivity index (χ4n) is 1.59. The summed E-state index contributed by atoms with van der Waals surface area (Å²) in [5.41, 5.74) is 1.28. The Morgan fingerprint density at radius 2 is 2.06 bits per heavy atom. The average molecular weight is 304 g/mol. The van der Waals surface area contributed by atoms with Gasteiger partial charge >= 0.3 is 0 Å². The SMILES string of the molecule is Oc1ccccc1C1=C(Cl)CC(F)(Br)C=C1. The zero-order chi connectivity index (χ0) is 11.8. The van der Waals surface area contributed by atoms with Gasteiger partial charge in [0.2, 0.25) is 0 Å². The third-order valence-corrected chi connectivity index (χ3v) is 3.25. The number of phenolic OH excluding ortho intramolecular Hbond substituents is 1. The predicted octanol–water partition coefficient (Wildman–Crippen LogP) is 4.36. The lowest BCUT2D eigenvalue weighted by Crippen LogP contribution is -2.13. The Kier molecular flexibility index (Phi) is 3.08. The van der Waals surface area contributed by atoms with Gasteiger partial charge in [-0.05, 0) is 33.6 Å². The van der Waals surface area contributed by atoms with Crippen LogP contribution in [0.5, 0.6) is 5.75 Å². The molecule has 1 aromatic rings. The predicted molar refractivity (Wildman–Crippen MR) is 67.4 cm³/mol. The third-order valence-electron chi connectivity index (χ3n) is 2.37. The summed E-state index contributed by atoms with van der Waals surface area (Å²) in [4.78, 5) is 0. The summed E-state index contributed by atoms with van der Waals surface area (Å²) in [7, 11) is 0. The highest BCUT2D eigenvalue weighted by molar-refractivity contribution is 9.10. The molecule has 4 heteroatoms. The second kappa shape index (κ2) is 4.22. The molecule has 0 bridgehead atoms. The maximum atomic E-state index is 13.6. The molecule has 1 atom stereocenters. The number of hydrogen-bond acceptors (Lipinski definition) is 1. The highest BCUT2D eigenvalue weighted by Crippen LogP contribution is 2.41. The van der Waals surface area contributed by atoms with Gasteiger partial charge in [-0.1, -0.05) is 35.9 Å². The van der Waals surface area contributed by atoms with Gasteiger partial charge in [0, 0.05) is 17.0 Å². The van der Waals surface area contributed by atoms with Gasteiger partial charge < -0.3 is 5.11 Å². The lowest BCUT2D eigenvalue weighted by molar-refractivity contribution is 0.366. The summed E-state index contributed by atoms with van der Waals surface area (Å²) >= 11 is 8.94. The summed E-state index contributed by atoms with van der Waals surface area (Å²) in [5, 5.41) is 10.1. The van der Waals surface area contributed by atoms with Crippen molar-refractivity contribution < 1.29 is 9.50 Å². The first-order valence-electron chi connectivity index (χ1n) is 4.74. The maximum absolute atomic E-state index is 13.6. The molecule has 0 spiro atoms. The Morgan fingerprint density at radius 1 is 1.38 bits per heavy atom. The Labute approximate surface area is 106 Å². The largest absolute Gasteiger partial charge is 0.507 e. The fourth-order valence-corrected chi connectivity index (χ4v) is 2.53. The molecule has 0 aromatic heterocycles. The van der Waals surface area contributed by atoms with Crippen molar-refractivity contribution in [3.8, 4) is 5.75 Å². The minimum atomic E-state index is -1.59. The Balaban J connectivity index is 2.45. The minimum Gasteiger partial charge on any atom is -0.507 e. The van der Waals surface area contributed by atoms with Crippen LogP contribution in [0.15, 0.2) is 41.4 Å². The summed E-state index contributed by atoms with van der Waals surface area (Å²) in [6.45, 7) is 0. The van der Waals surface area contributed by atoms with E-state index in [4.69, 9.17) is 11.6 Å². The normalized spacial score (nSPS) is 24.9. The molecule has 1 nitrogen and oxygen atoms in total. The van der Waals surface area contributed by atoms with E-state index >= 15 is 0 Å². The highest BCUT2D eigenvalue weighted by Gasteiger charge is 2.28. The van der Waals surface area contributed by atoms with Crippen molar-refractivity contribution in [1.82, 2.24) is 0 Å².